The lowest BCUT2D eigenvalue weighted by Crippen LogP contribution is -2.38. The van der Waals surface area contributed by atoms with Gasteiger partial charge >= 0.3 is 0 Å². The third-order valence-electron chi connectivity index (χ3n) is 3.28. The van der Waals surface area contributed by atoms with Gasteiger partial charge in [0.1, 0.15) is 5.82 Å². The number of aromatic nitrogens is 1. The first-order valence-electron chi connectivity index (χ1n) is 6.26. The van der Waals surface area contributed by atoms with Gasteiger partial charge in [-0.2, -0.15) is 0 Å². The van der Waals surface area contributed by atoms with Crippen molar-refractivity contribution in [3.63, 3.8) is 0 Å². The van der Waals surface area contributed by atoms with Crippen LogP contribution in [0.1, 0.15) is 12.0 Å². The molecule has 2 unspecified atom stereocenters. The Bertz CT molecular complexity index is 398. The van der Waals surface area contributed by atoms with Crippen molar-refractivity contribution in [3.8, 4) is 0 Å². The zero-order chi connectivity index (χ0) is 13.1. The standard InChI is InChI=1S/C13H21N3O2/c1-15(2)7-11-6-12(18)8-16(11)13-10(9-17)4-3-5-14-13/h3-5,11-12,17-18H,6-9H2,1-2H3. The summed E-state index contributed by atoms with van der Waals surface area (Å²) in [6.45, 7) is 1.44. The molecule has 0 saturated carbocycles. The molecule has 18 heavy (non-hydrogen) atoms. The summed E-state index contributed by atoms with van der Waals surface area (Å²) in [5, 5.41) is 19.2. The maximum absolute atomic E-state index is 9.86. The first kappa shape index (κ1) is 13.3. The van der Waals surface area contributed by atoms with Crippen LogP contribution in [0.5, 0.6) is 0 Å². The average molecular weight is 251 g/mol. The summed E-state index contributed by atoms with van der Waals surface area (Å²) in [5.41, 5.74) is 0.815. The molecule has 1 fully saturated rings. The third kappa shape index (κ3) is 2.80. The predicted octanol–water partition coefficient (Wildman–Crippen LogP) is 0.0751. The Hall–Kier alpha value is -1.17. The molecular formula is C13H21N3O2. The molecule has 2 atom stereocenters. The Morgan fingerprint density at radius 1 is 1.50 bits per heavy atom. The highest BCUT2D eigenvalue weighted by molar-refractivity contribution is 5.48. The molecule has 1 aromatic rings. The smallest absolute Gasteiger partial charge is 0.134 e. The first-order chi connectivity index (χ1) is 8.61. The lowest BCUT2D eigenvalue weighted by molar-refractivity contribution is 0.191. The van der Waals surface area contributed by atoms with Crippen LogP contribution >= 0.6 is 0 Å². The van der Waals surface area contributed by atoms with Crippen LogP contribution in [-0.2, 0) is 6.61 Å². The molecular weight excluding hydrogens is 230 g/mol. The average Bonchev–Trinajstić information content (AvgIpc) is 2.69. The summed E-state index contributed by atoms with van der Waals surface area (Å²) in [4.78, 5) is 8.58. The molecule has 2 rings (SSSR count). The minimum Gasteiger partial charge on any atom is -0.392 e. The molecule has 0 radical (unpaired) electrons. The molecule has 0 aromatic carbocycles. The minimum absolute atomic E-state index is 0.0234. The zero-order valence-electron chi connectivity index (χ0n) is 11.0. The molecule has 2 heterocycles. The van der Waals surface area contributed by atoms with Gasteiger partial charge in [0.25, 0.3) is 0 Å². The molecule has 5 nitrogen and oxygen atoms in total. The molecule has 100 valence electrons. The van der Waals surface area contributed by atoms with Crippen molar-refractivity contribution in [3.05, 3.63) is 23.9 Å². The molecule has 1 aliphatic rings. The molecule has 0 amide bonds. The van der Waals surface area contributed by atoms with Gasteiger partial charge in [0.15, 0.2) is 0 Å². The van der Waals surface area contributed by atoms with E-state index in [1.54, 1.807) is 6.20 Å². The van der Waals surface area contributed by atoms with E-state index in [-0.39, 0.29) is 18.8 Å². The summed E-state index contributed by atoms with van der Waals surface area (Å²) in [6.07, 6.45) is 2.16. The van der Waals surface area contributed by atoms with Gasteiger partial charge in [-0.1, -0.05) is 6.07 Å². The van der Waals surface area contributed by atoms with Crippen LogP contribution in [-0.4, -0.2) is 59.4 Å². The van der Waals surface area contributed by atoms with Crippen LogP contribution in [0, 0.1) is 0 Å². The topological polar surface area (TPSA) is 59.8 Å². The number of likely N-dealkylation sites (N-methyl/N-ethyl adjacent to an activating group) is 1. The molecule has 1 aromatic heterocycles. The summed E-state index contributed by atoms with van der Waals surface area (Å²) >= 11 is 0. The number of hydrogen-bond acceptors (Lipinski definition) is 5. The van der Waals surface area contributed by atoms with Crippen molar-refractivity contribution in [2.45, 2.75) is 25.2 Å². The van der Waals surface area contributed by atoms with E-state index in [1.807, 2.05) is 26.2 Å². The minimum atomic E-state index is -0.316. The van der Waals surface area contributed by atoms with Crippen molar-refractivity contribution in [2.24, 2.45) is 0 Å². The van der Waals surface area contributed by atoms with Crippen LogP contribution in [0.15, 0.2) is 18.3 Å². The fourth-order valence-corrected chi connectivity index (χ4v) is 2.56. The number of nitrogens with zero attached hydrogens (tertiary/aromatic N) is 3. The number of aliphatic hydroxyl groups excluding tert-OH is 2. The quantitative estimate of drug-likeness (QED) is 0.793. The van der Waals surface area contributed by atoms with Gasteiger partial charge in [-0.15, -0.1) is 0 Å². The zero-order valence-corrected chi connectivity index (χ0v) is 11.0. The Labute approximate surface area is 108 Å². The second-order valence-corrected chi connectivity index (χ2v) is 5.10. The van der Waals surface area contributed by atoms with E-state index in [1.165, 1.54) is 0 Å². The fraction of sp³-hybridized carbons (Fsp3) is 0.615. The van der Waals surface area contributed by atoms with E-state index in [9.17, 15) is 10.2 Å². The Kier molecular flexibility index (Phi) is 4.16. The number of hydrogen-bond donors (Lipinski definition) is 2. The number of pyridine rings is 1. The lowest BCUT2D eigenvalue weighted by Gasteiger charge is -2.29. The van der Waals surface area contributed by atoms with Crippen molar-refractivity contribution < 1.29 is 10.2 Å². The highest BCUT2D eigenvalue weighted by Gasteiger charge is 2.32. The Balaban J connectivity index is 2.24. The van der Waals surface area contributed by atoms with E-state index >= 15 is 0 Å². The largest absolute Gasteiger partial charge is 0.392 e. The van der Waals surface area contributed by atoms with Crippen LogP contribution in [0.2, 0.25) is 0 Å². The highest BCUT2D eigenvalue weighted by Crippen LogP contribution is 2.27. The second kappa shape index (κ2) is 5.65. The molecule has 1 aliphatic heterocycles. The Morgan fingerprint density at radius 3 is 2.94 bits per heavy atom. The van der Waals surface area contributed by atoms with Crippen LogP contribution in [0.25, 0.3) is 0 Å². The van der Waals surface area contributed by atoms with Gasteiger partial charge in [-0.05, 0) is 26.6 Å². The van der Waals surface area contributed by atoms with Crippen LogP contribution < -0.4 is 4.90 Å². The van der Waals surface area contributed by atoms with Crippen molar-refractivity contribution in [1.82, 2.24) is 9.88 Å². The SMILES string of the molecule is CN(C)CC1CC(O)CN1c1ncccc1CO. The summed E-state index contributed by atoms with van der Waals surface area (Å²) in [6, 6.07) is 3.94. The van der Waals surface area contributed by atoms with Gasteiger partial charge in [-0.3, -0.25) is 0 Å². The maximum atomic E-state index is 9.86. The number of aliphatic hydroxyl groups is 2. The van der Waals surface area contributed by atoms with Crippen molar-refractivity contribution >= 4 is 5.82 Å². The monoisotopic (exact) mass is 251 g/mol. The highest BCUT2D eigenvalue weighted by atomic mass is 16.3. The number of anilines is 1. The Morgan fingerprint density at radius 2 is 2.28 bits per heavy atom. The van der Waals surface area contributed by atoms with Crippen LogP contribution in [0.4, 0.5) is 5.82 Å². The third-order valence-corrected chi connectivity index (χ3v) is 3.28. The number of rotatable bonds is 4. The van der Waals surface area contributed by atoms with Crippen molar-refractivity contribution in [1.29, 1.82) is 0 Å². The van der Waals surface area contributed by atoms with Gasteiger partial charge in [0, 0.05) is 30.9 Å². The van der Waals surface area contributed by atoms with E-state index < -0.39 is 0 Å². The fourth-order valence-electron chi connectivity index (χ4n) is 2.56. The summed E-state index contributed by atoms with van der Waals surface area (Å²) in [5.74, 6) is 0.795. The van der Waals surface area contributed by atoms with Gasteiger partial charge in [0.2, 0.25) is 0 Å². The van der Waals surface area contributed by atoms with E-state index in [0.29, 0.717) is 6.54 Å². The molecule has 5 heteroatoms. The predicted molar refractivity (Wildman–Crippen MR) is 70.5 cm³/mol. The molecule has 0 bridgehead atoms. The molecule has 2 N–H and O–H groups in total. The van der Waals surface area contributed by atoms with E-state index in [0.717, 1.165) is 24.3 Å². The summed E-state index contributed by atoms with van der Waals surface area (Å²) < 4.78 is 0. The van der Waals surface area contributed by atoms with Gasteiger partial charge in [0.05, 0.1) is 12.7 Å². The molecule has 1 saturated heterocycles. The van der Waals surface area contributed by atoms with Gasteiger partial charge in [-0.25, -0.2) is 4.98 Å². The second-order valence-electron chi connectivity index (χ2n) is 5.10. The summed E-state index contributed by atoms with van der Waals surface area (Å²) in [7, 11) is 4.04. The normalized spacial score (nSPS) is 23.9. The molecule has 0 aliphatic carbocycles. The first-order valence-corrected chi connectivity index (χ1v) is 6.26. The molecule has 0 spiro atoms. The van der Waals surface area contributed by atoms with Crippen molar-refractivity contribution in [2.75, 3.05) is 32.1 Å². The maximum Gasteiger partial charge on any atom is 0.134 e. The number of β-amino-alcohol motifs (C(OH)–C–C–N with tert-alkyl or cyclic N) is 1. The van der Waals surface area contributed by atoms with Gasteiger partial charge < -0.3 is 20.0 Å². The van der Waals surface area contributed by atoms with E-state index in [2.05, 4.69) is 14.8 Å². The van der Waals surface area contributed by atoms with E-state index in [4.69, 9.17) is 0 Å². The lowest BCUT2D eigenvalue weighted by atomic mass is 10.2. The van der Waals surface area contributed by atoms with Crippen LogP contribution in [0.3, 0.4) is 0 Å².